The van der Waals surface area contributed by atoms with Crippen LogP contribution in [0.4, 0.5) is 11.4 Å². The minimum absolute atomic E-state index is 0.0935. The van der Waals surface area contributed by atoms with Gasteiger partial charge >= 0.3 is 0 Å². The summed E-state index contributed by atoms with van der Waals surface area (Å²) >= 11 is 3.39. The van der Waals surface area contributed by atoms with Gasteiger partial charge in [-0.1, -0.05) is 54.2 Å². The Labute approximate surface area is 158 Å². The van der Waals surface area contributed by atoms with Gasteiger partial charge in [0.2, 0.25) is 5.91 Å². The average Bonchev–Trinajstić information content (AvgIpc) is 2.60. The number of nitrogens with one attached hydrogen (secondary N) is 2. The van der Waals surface area contributed by atoms with Gasteiger partial charge in [-0.3, -0.25) is 4.79 Å². The zero-order valence-corrected chi connectivity index (χ0v) is 16.1. The lowest BCUT2D eigenvalue weighted by Gasteiger charge is -2.10. The molecule has 2 aromatic rings. The van der Waals surface area contributed by atoms with Gasteiger partial charge in [-0.15, -0.1) is 0 Å². The zero-order valence-electron chi connectivity index (χ0n) is 14.6. The summed E-state index contributed by atoms with van der Waals surface area (Å²) in [6.45, 7) is 3.13. The lowest BCUT2D eigenvalue weighted by atomic mass is 10.2. The molecular formula is C20H25BrN2O2. The fourth-order valence-corrected chi connectivity index (χ4v) is 2.77. The van der Waals surface area contributed by atoms with E-state index >= 15 is 0 Å². The Balaban J connectivity index is 1.76. The smallest absolute Gasteiger partial charge is 0.243 e. The summed E-state index contributed by atoms with van der Waals surface area (Å²) in [6.07, 6.45) is 4.74. The molecule has 0 saturated heterocycles. The maximum absolute atomic E-state index is 12.0. The van der Waals surface area contributed by atoms with Crippen molar-refractivity contribution in [2.75, 3.05) is 23.8 Å². The summed E-state index contributed by atoms with van der Waals surface area (Å²) in [6, 6.07) is 15.2. The van der Waals surface area contributed by atoms with Gasteiger partial charge in [0, 0.05) is 21.9 Å². The molecule has 134 valence electrons. The van der Waals surface area contributed by atoms with Crippen LogP contribution in [0.5, 0.6) is 5.75 Å². The monoisotopic (exact) mass is 404 g/mol. The van der Waals surface area contributed by atoms with Gasteiger partial charge in [-0.2, -0.15) is 0 Å². The highest BCUT2D eigenvalue weighted by Crippen LogP contribution is 2.18. The second-order valence-corrected chi connectivity index (χ2v) is 6.76. The van der Waals surface area contributed by atoms with Crippen molar-refractivity contribution in [2.45, 2.75) is 32.6 Å². The van der Waals surface area contributed by atoms with Crippen LogP contribution in [-0.2, 0) is 4.79 Å². The summed E-state index contributed by atoms with van der Waals surface area (Å²) in [7, 11) is 0. The number of rotatable bonds is 10. The van der Waals surface area contributed by atoms with Crippen LogP contribution in [0.1, 0.15) is 32.6 Å². The van der Waals surface area contributed by atoms with E-state index in [1.165, 1.54) is 19.3 Å². The number of carbonyl (C=O) groups excluding carboxylic acids is 1. The summed E-state index contributed by atoms with van der Waals surface area (Å²) in [5.41, 5.74) is 1.64. The standard InChI is InChI=1S/C20H25BrN2O2/c1-2-3-4-5-12-25-19-11-7-9-17(14-19)22-15-20(24)23-18-10-6-8-16(21)13-18/h6-11,13-14,22H,2-5,12,15H2,1H3,(H,23,24). The second kappa shape index (κ2) is 10.8. The van der Waals surface area contributed by atoms with E-state index in [9.17, 15) is 4.79 Å². The van der Waals surface area contributed by atoms with E-state index in [2.05, 4.69) is 33.5 Å². The van der Waals surface area contributed by atoms with E-state index in [-0.39, 0.29) is 12.5 Å². The highest BCUT2D eigenvalue weighted by Gasteiger charge is 2.03. The third-order valence-corrected chi connectivity index (χ3v) is 4.16. The number of hydrogen-bond acceptors (Lipinski definition) is 3. The summed E-state index contributed by atoms with van der Waals surface area (Å²) < 4.78 is 6.70. The zero-order chi connectivity index (χ0) is 17.9. The van der Waals surface area contributed by atoms with Crippen molar-refractivity contribution in [3.8, 4) is 5.75 Å². The summed E-state index contributed by atoms with van der Waals surface area (Å²) in [5.74, 6) is 0.734. The average molecular weight is 405 g/mol. The molecule has 2 rings (SSSR count). The summed E-state index contributed by atoms with van der Waals surface area (Å²) in [5, 5.41) is 5.99. The lowest BCUT2D eigenvalue weighted by molar-refractivity contribution is -0.114. The minimum atomic E-state index is -0.0935. The second-order valence-electron chi connectivity index (χ2n) is 5.85. The first kappa shape index (κ1) is 19.3. The molecule has 0 aromatic heterocycles. The predicted molar refractivity (Wildman–Crippen MR) is 107 cm³/mol. The normalized spacial score (nSPS) is 10.3. The maximum atomic E-state index is 12.0. The van der Waals surface area contributed by atoms with E-state index in [0.29, 0.717) is 0 Å². The molecule has 0 aliphatic rings. The molecule has 0 spiro atoms. The molecule has 0 aliphatic carbocycles. The molecule has 1 amide bonds. The van der Waals surface area contributed by atoms with Crippen LogP contribution in [0.25, 0.3) is 0 Å². The molecule has 0 heterocycles. The number of amides is 1. The molecular weight excluding hydrogens is 380 g/mol. The first-order valence-electron chi connectivity index (χ1n) is 8.69. The Morgan fingerprint density at radius 3 is 2.64 bits per heavy atom. The van der Waals surface area contributed by atoms with Crippen molar-refractivity contribution in [3.63, 3.8) is 0 Å². The Kier molecular flexibility index (Phi) is 8.32. The Morgan fingerprint density at radius 2 is 1.84 bits per heavy atom. The highest BCUT2D eigenvalue weighted by atomic mass is 79.9. The third-order valence-electron chi connectivity index (χ3n) is 3.66. The van der Waals surface area contributed by atoms with Gasteiger partial charge in [0.05, 0.1) is 13.2 Å². The molecule has 4 nitrogen and oxygen atoms in total. The number of halogens is 1. The number of carbonyl (C=O) groups is 1. The molecule has 0 bridgehead atoms. The predicted octanol–water partition coefficient (Wildman–Crippen LogP) is 5.46. The summed E-state index contributed by atoms with van der Waals surface area (Å²) in [4.78, 5) is 12.0. The van der Waals surface area contributed by atoms with Gasteiger partial charge < -0.3 is 15.4 Å². The maximum Gasteiger partial charge on any atom is 0.243 e. The molecule has 0 aliphatic heterocycles. The van der Waals surface area contributed by atoms with Crippen LogP contribution in [0.3, 0.4) is 0 Å². The van der Waals surface area contributed by atoms with Crippen LogP contribution in [0, 0.1) is 0 Å². The number of anilines is 2. The van der Waals surface area contributed by atoms with Crippen LogP contribution < -0.4 is 15.4 Å². The third kappa shape index (κ3) is 7.61. The first-order valence-corrected chi connectivity index (χ1v) is 9.49. The molecule has 0 radical (unpaired) electrons. The minimum Gasteiger partial charge on any atom is -0.494 e. The van der Waals surface area contributed by atoms with Gasteiger partial charge in [-0.25, -0.2) is 0 Å². The molecule has 0 fully saturated rings. The molecule has 25 heavy (non-hydrogen) atoms. The van der Waals surface area contributed by atoms with Crippen molar-refractivity contribution in [1.82, 2.24) is 0 Å². The highest BCUT2D eigenvalue weighted by molar-refractivity contribution is 9.10. The van der Waals surface area contributed by atoms with Crippen molar-refractivity contribution >= 4 is 33.2 Å². The van der Waals surface area contributed by atoms with Gasteiger partial charge in [0.25, 0.3) is 0 Å². The SMILES string of the molecule is CCCCCCOc1cccc(NCC(=O)Nc2cccc(Br)c2)c1. The van der Waals surface area contributed by atoms with E-state index in [4.69, 9.17) is 4.74 Å². The van der Waals surface area contributed by atoms with Crippen LogP contribution >= 0.6 is 15.9 Å². The number of hydrogen-bond donors (Lipinski definition) is 2. The van der Waals surface area contributed by atoms with Crippen LogP contribution in [0.15, 0.2) is 53.0 Å². The fourth-order valence-electron chi connectivity index (χ4n) is 2.37. The topological polar surface area (TPSA) is 50.4 Å². The van der Waals surface area contributed by atoms with Crippen molar-refractivity contribution in [2.24, 2.45) is 0 Å². The molecule has 2 N–H and O–H groups in total. The van der Waals surface area contributed by atoms with E-state index < -0.39 is 0 Å². The quantitative estimate of drug-likeness (QED) is 0.516. The molecule has 5 heteroatoms. The Morgan fingerprint density at radius 1 is 1.04 bits per heavy atom. The van der Waals surface area contributed by atoms with Crippen LogP contribution in [-0.4, -0.2) is 19.1 Å². The number of ether oxygens (including phenoxy) is 1. The number of unbranched alkanes of at least 4 members (excludes halogenated alkanes) is 3. The largest absolute Gasteiger partial charge is 0.494 e. The molecule has 0 atom stereocenters. The van der Waals surface area contributed by atoms with Gasteiger partial charge in [0.15, 0.2) is 0 Å². The van der Waals surface area contributed by atoms with E-state index in [1.807, 2.05) is 48.5 Å². The number of benzene rings is 2. The Hall–Kier alpha value is -2.01. The fraction of sp³-hybridized carbons (Fsp3) is 0.350. The molecule has 2 aromatic carbocycles. The van der Waals surface area contributed by atoms with E-state index in [1.54, 1.807) is 0 Å². The van der Waals surface area contributed by atoms with Crippen molar-refractivity contribution < 1.29 is 9.53 Å². The van der Waals surface area contributed by atoms with E-state index in [0.717, 1.165) is 34.6 Å². The van der Waals surface area contributed by atoms with Crippen molar-refractivity contribution in [1.29, 1.82) is 0 Å². The molecule has 0 saturated carbocycles. The van der Waals surface area contributed by atoms with Gasteiger partial charge in [-0.05, 0) is 36.8 Å². The van der Waals surface area contributed by atoms with Crippen molar-refractivity contribution in [3.05, 3.63) is 53.0 Å². The van der Waals surface area contributed by atoms with Gasteiger partial charge in [0.1, 0.15) is 5.75 Å². The van der Waals surface area contributed by atoms with Crippen LogP contribution in [0.2, 0.25) is 0 Å². The molecule has 0 unspecified atom stereocenters. The Bertz CT molecular complexity index is 676. The first-order chi connectivity index (χ1) is 12.2. The lowest BCUT2D eigenvalue weighted by Crippen LogP contribution is -2.21.